The Morgan fingerprint density at radius 2 is 1.75 bits per heavy atom. The number of rotatable bonds is 9. The minimum Gasteiger partial charge on any atom is -0.481 e. The Labute approximate surface area is 213 Å². The van der Waals surface area contributed by atoms with Crippen molar-refractivity contribution < 1.29 is 19.5 Å². The molecule has 192 valence electrons. The molecule has 0 aliphatic carbocycles. The Morgan fingerprint density at radius 3 is 2.47 bits per heavy atom. The first-order valence-electron chi connectivity index (χ1n) is 13.0. The number of carbonyl (C=O) groups excluding carboxylic acids is 2. The van der Waals surface area contributed by atoms with Gasteiger partial charge in [-0.1, -0.05) is 42.8 Å². The molecule has 0 unspecified atom stereocenters. The minimum atomic E-state index is -0.982. The average Bonchev–Trinajstić information content (AvgIpc) is 3.02. The summed E-state index contributed by atoms with van der Waals surface area (Å²) in [5.74, 6) is -1.79. The monoisotopic (exact) mass is 491 g/mol. The Morgan fingerprint density at radius 1 is 1.00 bits per heavy atom. The van der Waals surface area contributed by atoms with Gasteiger partial charge in [-0.2, -0.15) is 0 Å². The summed E-state index contributed by atoms with van der Waals surface area (Å²) >= 11 is 0. The van der Waals surface area contributed by atoms with Crippen LogP contribution in [0.3, 0.4) is 0 Å². The van der Waals surface area contributed by atoms with Crippen molar-refractivity contribution in [1.29, 1.82) is 0 Å². The molecule has 0 radical (unpaired) electrons. The van der Waals surface area contributed by atoms with Gasteiger partial charge in [-0.3, -0.25) is 14.4 Å². The van der Waals surface area contributed by atoms with E-state index in [0.717, 1.165) is 36.3 Å². The smallest absolute Gasteiger partial charge is 0.304 e. The van der Waals surface area contributed by atoms with E-state index in [9.17, 15) is 19.5 Å². The van der Waals surface area contributed by atoms with Crippen LogP contribution in [0.25, 0.3) is 0 Å². The Kier molecular flexibility index (Phi) is 8.75. The molecule has 0 aromatic heterocycles. The minimum absolute atomic E-state index is 0.0406. The molecule has 1 fully saturated rings. The second-order valence-corrected chi connectivity index (χ2v) is 10.1. The van der Waals surface area contributed by atoms with Crippen molar-refractivity contribution in [1.82, 2.24) is 14.7 Å². The van der Waals surface area contributed by atoms with Crippen molar-refractivity contribution in [2.75, 3.05) is 39.8 Å². The van der Waals surface area contributed by atoms with E-state index in [-0.39, 0.29) is 18.2 Å². The summed E-state index contributed by atoms with van der Waals surface area (Å²) in [5, 5.41) is 9.46. The van der Waals surface area contributed by atoms with Crippen LogP contribution in [0.5, 0.6) is 0 Å². The van der Waals surface area contributed by atoms with E-state index < -0.39 is 11.9 Å². The van der Waals surface area contributed by atoms with Crippen LogP contribution in [0.4, 0.5) is 0 Å². The quantitative estimate of drug-likeness (QED) is 0.581. The number of hydrogen-bond acceptors (Lipinski definition) is 4. The number of amides is 2. The summed E-state index contributed by atoms with van der Waals surface area (Å²) < 4.78 is 0. The predicted octanol–water partition coefficient (Wildman–Crippen LogP) is 3.46. The molecule has 7 nitrogen and oxygen atoms in total. The lowest BCUT2D eigenvalue weighted by Crippen LogP contribution is -2.38. The van der Waals surface area contributed by atoms with E-state index in [1.165, 1.54) is 19.3 Å². The van der Waals surface area contributed by atoms with Crippen molar-refractivity contribution in [3.8, 4) is 0 Å². The number of hydrogen-bond donors (Lipinski definition) is 1. The third-order valence-corrected chi connectivity index (χ3v) is 7.42. The maximum absolute atomic E-state index is 13.3. The second-order valence-electron chi connectivity index (χ2n) is 10.1. The lowest BCUT2D eigenvalue weighted by atomic mass is 9.93. The first-order chi connectivity index (χ1) is 17.4. The molecular weight excluding hydrogens is 454 g/mol. The van der Waals surface area contributed by atoms with E-state index in [1.54, 1.807) is 9.80 Å². The van der Waals surface area contributed by atoms with Crippen molar-refractivity contribution >= 4 is 17.8 Å². The van der Waals surface area contributed by atoms with Gasteiger partial charge in [0.2, 0.25) is 5.91 Å². The summed E-state index contributed by atoms with van der Waals surface area (Å²) in [6.07, 6.45) is 4.56. The van der Waals surface area contributed by atoms with E-state index >= 15 is 0 Å². The zero-order valence-corrected chi connectivity index (χ0v) is 21.2. The molecule has 4 rings (SSSR count). The van der Waals surface area contributed by atoms with Crippen LogP contribution < -0.4 is 0 Å². The Hall–Kier alpha value is -3.19. The fourth-order valence-corrected chi connectivity index (χ4v) is 5.26. The Balaban J connectivity index is 1.48. The maximum Gasteiger partial charge on any atom is 0.304 e. The number of fused-ring (bicyclic) bond motifs is 1. The molecule has 1 atom stereocenters. The summed E-state index contributed by atoms with van der Waals surface area (Å²) in [5.41, 5.74) is 3.61. The molecule has 1 saturated heterocycles. The third kappa shape index (κ3) is 6.72. The summed E-state index contributed by atoms with van der Waals surface area (Å²) in [7, 11) is 1.83. The van der Waals surface area contributed by atoms with Gasteiger partial charge in [-0.25, -0.2) is 0 Å². The zero-order valence-electron chi connectivity index (χ0n) is 21.2. The number of likely N-dealkylation sites (tertiary alicyclic amines) is 1. The largest absolute Gasteiger partial charge is 0.481 e. The standard InChI is InChI=1S/C29H37N3O4/c1-30(16-17-31-13-6-3-7-14-31)28(35)23-10-11-24-21-32(15-12-22-8-4-2-5-9-22)29(36)26(20-27(33)34)19-25(24)18-23/h2,4-5,8-11,18,26H,3,6-7,12-17,19-21H2,1H3,(H,33,34)/t26-/m1/s1. The van der Waals surface area contributed by atoms with Crippen LogP contribution in [0.15, 0.2) is 48.5 Å². The van der Waals surface area contributed by atoms with Crippen LogP contribution in [-0.4, -0.2) is 77.4 Å². The number of carboxylic acids is 1. The molecule has 2 amide bonds. The van der Waals surface area contributed by atoms with Crippen LogP contribution in [0.1, 0.15) is 52.7 Å². The van der Waals surface area contributed by atoms with Gasteiger partial charge in [0.15, 0.2) is 0 Å². The molecule has 0 saturated carbocycles. The molecule has 2 aromatic rings. The van der Waals surface area contributed by atoms with E-state index in [2.05, 4.69) is 4.90 Å². The number of benzene rings is 2. The van der Waals surface area contributed by atoms with Crippen molar-refractivity contribution in [3.63, 3.8) is 0 Å². The predicted molar refractivity (Wildman–Crippen MR) is 139 cm³/mol. The topological polar surface area (TPSA) is 81.2 Å². The molecule has 2 aliphatic rings. The molecule has 0 spiro atoms. The summed E-state index contributed by atoms with van der Waals surface area (Å²) in [6.45, 7) is 4.69. The number of carbonyl (C=O) groups is 3. The highest BCUT2D eigenvalue weighted by Gasteiger charge is 2.31. The Bertz CT molecular complexity index is 1070. The number of carboxylic acid groups (broad SMARTS) is 1. The van der Waals surface area contributed by atoms with Crippen LogP contribution in [0.2, 0.25) is 0 Å². The summed E-state index contributed by atoms with van der Waals surface area (Å²) in [4.78, 5) is 44.0. The van der Waals surface area contributed by atoms with Crippen LogP contribution in [0, 0.1) is 5.92 Å². The highest BCUT2D eigenvalue weighted by Crippen LogP contribution is 2.27. The lowest BCUT2D eigenvalue weighted by molar-refractivity contribution is -0.144. The first kappa shape index (κ1) is 25.9. The highest BCUT2D eigenvalue weighted by atomic mass is 16.4. The fourth-order valence-electron chi connectivity index (χ4n) is 5.26. The third-order valence-electron chi connectivity index (χ3n) is 7.42. The molecule has 1 N–H and O–H groups in total. The second kappa shape index (κ2) is 12.2. The molecule has 2 heterocycles. The number of piperidine rings is 1. The number of aliphatic carboxylic acids is 1. The van der Waals surface area contributed by atoms with Crippen molar-refractivity contribution in [2.45, 2.75) is 45.1 Å². The molecule has 36 heavy (non-hydrogen) atoms. The number of nitrogens with zero attached hydrogens (tertiary/aromatic N) is 3. The molecule has 2 aromatic carbocycles. The molecule has 2 aliphatic heterocycles. The van der Waals surface area contributed by atoms with Gasteiger partial charge < -0.3 is 19.8 Å². The van der Waals surface area contributed by atoms with E-state index in [4.69, 9.17) is 0 Å². The van der Waals surface area contributed by atoms with E-state index in [1.807, 2.05) is 55.6 Å². The van der Waals surface area contributed by atoms with Gasteiger partial charge in [0.05, 0.1) is 12.3 Å². The molecule has 0 bridgehead atoms. The van der Waals surface area contributed by atoms with Crippen molar-refractivity contribution in [3.05, 3.63) is 70.8 Å². The van der Waals surface area contributed by atoms with Crippen LogP contribution in [-0.2, 0) is 29.0 Å². The van der Waals surface area contributed by atoms with Crippen LogP contribution >= 0.6 is 0 Å². The van der Waals surface area contributed by atoms with Gasteiger partial charge in [0, 0.05) is 38.8 Å². The SMILES string of the molecule is CN(CCN1CCCCC1)C(=O)c1ccc2c(c1)C[C@H](CC(=O)O)C(=O)N(CCc1ccccc1)C2. The van der Waals surface area contributed by atoms with Gasteiger partial charge in [0.1, 0.15) is 0 Å². The fraction of sp³-hybridized carbons (Fsp3) is 0.483. The molecular formula is C29H37N3O4. The van der Waals surface area contributed by atoms with Gasteiger partial charge in [-0.05, 0) is 67.6 Å². The van der Waals surface area contributed by atoms with Gasteiger partial charge in [0.25, 0.3) is 5.91 Å². The van der Waals surface area contributed by atoms with Crippen molar-refractivity contribution in [2.24, 2.45) is 5.92 Å². The number of likely N-dealkylation sites (N-methyl/N-ethyl adjacent to an activating group) is 1. The summed E-state index contributed by atoms with van der Waals surface area (Å²) in [6, 6.07) is 15.6. The zero-order chi connectivity index (χ0) is 25.5. The highest BCUT2D eigenvalue weighted by molar-refractivity contribution is 5.94. The lowest BCUT2D eigenvalue weighted by Gasteiger charge is -2.28. The van der Waals surface area contributed by atoms with Gasteiger partial charge in [-0.15, -0.1) is 0 Å². The van der Waals surface area contributed by atoms with Gasteiger partial charge >= 0.3 is 5.97 Å². The normalized spacial score (nSPS) is 18.4. The molecule has 7 heteroatoms. The first-order valence-corrected chi connectivity index (χ1v) is 13.0. The maximum atomic E-state index is 13.3. The van der Waals surface area contributed by atoms with E-state index in [0.29, 0.717) is 38.0 Å². The average molecular weight is 492 g/mol.